The van der Waals surface area contributed by atoms with Gasteiger partial charge in [0.2, 0.25) is 5.91 Å². The molecule has 0 aromatic heterocycles. The van der Waals surface area contributed by atoms with Gasteiger partial charge in [-0.15, -0.1) is 0 Å². The smallest absolute Gasteiger partial charge is 0.241 e. The largest absolute Gasteiger partial charge is 0.497 e. The highest BCUT2D eigenvalue weighted by Gasteiger charge is 2.21. The molecule has 156 valence electrons. The van der Waals surface area contributed by atoms with Gasteiger partial charge in [-0.25, -0.2) is 0 Å². The molecule has 2 atom stereocenters. The van der Waals surface area contributed by atoms with Crippen LogP contribution in [0.3, 0.4) is 0 Å². The van der Waals surface area contributed by atoms with Gasteiger partial charge in [-0.05, 0) is 25.0 Å². The van der Waals surface area contributed by atoms with Crippen LogP contribution >= 0.6 is 0 Å². The first-order valence-corrected chi connectivity index (χ1v) is 9.91. The van der Waals surface area contributed by atoms with E-state index in [-0.39, 0.29) is 11.9 Å². The maximum absolute atomic E-state index is 12.9. The van der Waals surface area contributed by atoms with Gasteiger partial charge in [-0.2, -0.15) is 0 Å². The Labute approximate surface area is 178 Å². The molecule has 1 amide bonds. The lowest BCUT2D eigenvalue weighted by Crippen LogP contribution is -2.40. The molecule has 5 heteroatoms. The number of methoxy groups -OCH3 is 2. The van der Waals surface area contributed by atoms with E-state index in [4.69, 9.17) is 9.47 Å². The SMILES string of the molecule is COc1cc(NC(=O)[C@@H](C)N[C@H](c2ccccc2)c2ccc(C)cc2)cc(OC)c1. The van der Waals surface area contributed by atoms with E-state index in [0.717, 1.165) is 11.1 Å². The summed E-state index contributed by atoms with van der Waals surface area (Å²) >= 11 is 0. The lowest BCUT2D eigenvalue weighted by Gasteiger charge is -2.24. The van der Waals surface area contributed by atoms with Gasteiger partial charge in [0, 0.05) is 23.9 Å². The van der Waals surface area contributed by atoms with Gasteiger partial charge in [0.1, 0.15) is 11.5 Å². The highest BCUT2D eigenvalue weighted by Crippen LogP contribution is 2.26. The number of anilines is 1. The minimum atomic E-state index is -0.436. The van der Waals surface area contributed by atoms with Crippen molar-refractivity contribution in [2.75, 3.05) is 19.5 Å². The summed E-state index contributed by atoms with van der Waals surface area (Å²) in [6, 6.07) is 23.2. The number of benzene rings is 3. The summed E-state index contributed by atoms with van der Waals surface area (Å²) in [5.74, 6) is 1.09. The van der Waals surface area contributed by atoms with Crippen LogP contribution in [0.2, 0.25) is 0 Å². The van der Waals surface area contributed by atoms with Crippen molar-refractivity contribution in [2.45, 2.75) is 25.9 Å². The zero-order valence-electron chi connectivity index (χ0n) is 17.8. The van der Waals surface area contributed by atoms with E-state index in [1.54, 1.807) is 32.4 Å². The van der Waals surface area contributed by atoms with E-state index < -0.39 is 6.04 Å². The normalized spacial score (nSPS) is 12.7. The fourth-order valence-corrected chi connectivity index (χ4v) is 3.25. The summed E-state index contributed by atoms with van der Waals surface area (Å²) in [6.45, 7) is 3.92. The highest BCUT2D eigenvalue weighted by atomic mass is 16.5. The van der Waals surface area contributed by atoms with Gasteiger partial charge >= 0.3 is 0 Å². The van der Waals surface area contributed by atoms with E-state index in [1.807, 2.05) is 25.1 Å². The van der Waals surface area contributed by atoms with Crippen molar-refractivity contribution in [2.24, 2.45) is 0 Å². The number of amides is 1. The maximum atomic E-state index is 12.9. The number of aryl methyl sites for hydroxylation is 1. The average Bonchev–Trinajstić information content (AvgIpc) is 2.78. The fraction of sp³-hybridized carbons (Fsp3) is 0.240. The zero-order chi connectivity index (χ0) is 21.5. The first kappa shape index (κ1) is 21.4. The molecule has 3 rings (SSSR count). The Morgan fingerprint density at radius 2 is 1.40 bits per heavy atom. The van der Waals surface area contributed by atoms with Crippen LogP contribution in [0.15, 0.2) is 72.8 Å². The Kier molecular flexibility index (Phi) is 7.09. The third kappa shape index (κ3) is 5.39. The first-order chi connectivity index (χ1) is 14.5. The zero-order valence-corrected chi connectivity index (χ0v) is 17.8. The van der Waals surface area contributed by atoms with Crippen LogP contribution in [0.1, 0.15) is 29.7 Å². The predicted octanol–water partition coefficient (Wildman–Crippen LogP) is 4.72. The Balaban J connectivity index is 1.79. The minimum absolute atomic E-state index is 0.104. The Morgan fingerprint density at radius 1 is 0.833 bits per heavy atom. The third-order valence-electron chi connectivity index (χ3n) is 4.97. The monoisotopic (exact) mass is 404 g/mol. The molecule has 0 saturated heterocycles. The summed E-state index contributed by atoms with van der Waals surface area (Å²) in [5, 5.41) is 6.42. The molecule has 5 nitrogen and oxygen atoms in total. The molecular formula is C25H28N2O3. The number of ether oxygens (including phenoxy) is 2. The van der Waals surface area contributed by atoms with Gasteiger partial charge in [-0.3, -0.25) is 10.1 Å². The van der Waals surface area contributed by atoms with Crippen molar-refractivity contribution in [1.29, 1.82) is 0 Å². The molecule has 2 N–H and O–H groups in total. The molecule has 0 unspecified atom stereocenters. The number of nitrogens with one attached hydrogen (secondary N) is 2. The molecule has 3 aromatic carbocycles. The van der Waals surface area contributed by atoms with Crippen LogP contribution in [-0.4, -0.2) is 26.2 Å². The van der Waals surface area contributed by atoms with Gasteiger partial charge in [0.05, 0.1) is 26.3 Å². The number of carbonyl (C=O) groups is 1. The van der Waals surface area contributed by atoms with Crippen molar-refractivity contribution >= 4 is 11.6 Å². The van der Waals surface area contributed by atoms with Crippen molar-refractivity contribution in [3.8, 4) is 11.5 Å². The van der Waals surface area contributed by atoms with Crippen LogP contribution < -0.4 is 20.1 Å². The highest BCUT2D eigenvalue weighted by molar-refractivity contribution is 5.95. The van der Waals surface area contributed by atoms with Gasteiger partial charge in [-0.1, -0.05) is 60.2 Å². The van der Waals surface area contributed by atoms with E-state index >= 15 is 0 Å². The number of carbonyl (C=O) groups excluding carboxylic acids is 1. The summed E-state index contributed by atoms with van der Waals surface area (Å²) in [7, 11) is 3.16. The Morgan fingerprint density at radius 3 is 1.97 bits per heavy atom. The van der Waals surface area contributed by atoms with Crippen molar-refractivity contribution in [3.05, 3.63) is 89.5 Å². The van der Waals surface area contributed by atoms with Crippen LogP contribution in [0.4, 0.5) is 5.69 Å². The van der Waals surface area contributed by atoms with E-state index in [2.05, 4.69) is 54.0 Å². The van der Waals surface area contributed by atoms with E-state index in [1.165, 1.54) is 5.56 Å². The van der Waals surface area contributed by atoms with Crippen LogP contribution in [0, 0.1) is 6.92 Å². The second kappa shape index (κ2) is 9.94. The lowest BCUT2D eigenvalue weighted by atomic mass is 9.97. The quantitative estimate of drug-likeness (QED) is 0.570. The van der Waals surface area contributed by atoms with Gasteiger partial charge in [0.15, 0.2) is 0 Å². The lowest BCUT2D eigenvalue weighted by molar-refractivity contribution is -0.117. The number of rotatable bonds is 8. The molecule has 0 saturated carbocycles. The fourth-order valence-electron chi connectivity index (χ4n) is 3.25. The number of hydrogen-bond acceptors (Lipinski definition) is 4. The molecule has 0 bridgehead atoms. The number of hydrogen-bond donors (Lipinski definition) is 2. The minimum Gasteiger partial charge on any atom is -0.497 e. The summed E-state index contributed by atoms with van der Waals surface area (Å²) in [5.41, 5.74) is 4.03. The van der Waals surface area contributed by atoms with Crippen molar-refractivity contribution in [3.63, 3.8) is 0 Å². The molecule has 0 radical (unpaired) electrons. The Bertz CT molecular complexity index is 949. The van der Waals surface area contributed by atoms with Crippen LogP contribution in [-0.2, 0) is 4.79 Å². The molecule has 0 spiro atoms. The molecular weight excluding hydrogens is 376 g/mol. The summed E-state index contributed by atoms with van der Waals surface area (Å²) in [4.78, 5) is 12.9. The summed E-state index contributed by atoms with van der Waals surface area (Å²) in [6.07, 6.45) is 0. The molecule has 30 heavy (non-hydrogen) atoms. The summed E-state index contributed by atoms with van der Waals surface area (Å²) < 4.78 is 10.6. The topological polar surface area (TPSA) is 59.6 Å². The standard InChI is InChI=1S/C25H28N2O3/c1-17-10-12-20(13-11-17)24(19-8-6-5-7-9-19)26-18(2)25(28)27-21-14-22(29-3)16-23(15-21)30-4/h5-16,18,24,26H,1-4H3,(H,27,28)/t18-,24-/m1/s1. The second-order valence-corrected chi connectivity index (χ2v) is 7.23. The maximum Gasteiger partial charge on any atom is 0.241 e. The molecule has 0 fully saturated rings. The van der Waals surface area contributed by atoms with Crippen LogP contribution in [0.25, 0.3) is 0 Å². The Hall–Kier alpha value is -3.31. The predicted molar refractivity (Wildman–Crippen MR) is 120 cm³/mol. The van der Waals surface area contributed by atoms with Crippen LogP contribution in [0.5, 0.6) is 11.5 Å². The molecule has 0 aliphatic rings. The molecule has 0 aliphatic heterocycles. The molecule has 0 aliphatic carbocycles. The molecule has 0 heterocycles. The van der Waals surface area contributed by atoms with E-state index in [9.17, 15) is 4.79 Å². The first-order valence-electron chi connectivity index (χ1n) is 9.91. The average molecular weight is 405 g/mol. The van der Waals surface area contributed by atoms with Crippen molar-refractivity contribution < 1.29 is 14.3 Å². The second-order valence-electron chi connectivity index (χ2n) is 7.23. The van der Waals surface area contributed by atoms with Gasteiger partial charge in [0.25, 0.3) is 0 Å². The van der Waals surface area contributed by atoms with E-state index in [0.29, 0.717) is 17.2 Å². The van der Waals surface area contributed by atoms with Gasteiger partial charge < -0.3 is 14.8 Å². The van der Waals surface area contributed by atoms with Crippen molar-refractivity contribution in [1.82, 2.24) is 5.32 Å². The third-order valence-corrected chi connectivity index (χ3v) is 4.97. The molecule has 3 aromatic rings.